The van der Waals surface area contributed by atoms with E-state index in [1.165, 1.54) is 5.57 Å². The van der Waals surface area contributed by atoms with Gasteiger partial charge in [-0.2, -0.15) is 0 Å². The summed E-state index contributed by atoms with van der Waals surface area (Å²) < 4.78 is 5.49. The van der Waals surface area contributed by atoms with Crippen LogP contribution >= 0.6 is 0 Å². The van der Waals surface area contributed by atoms with Crippen molar-refractivity contribution in [1.29, 1.82) is 0 Å². The van der Waals surface area contributed by atoms with Gasteiger partial charge in [0.25, 0.3) is 0 Å². The molecule has 1 heterocycles. The summed E-state index contributed by atoms with van der Waals surface area (Å²) in [5.41, 5.74) is 9.26. The zero-order valence-electron chi connectivity index (χ0n) is 18.2. The first-order chi connectivity index (χ1) is 16.2. The number of ether oxygens (including phenoxy) is 1. The van der Waals surface area contributed by atoms with Crippen molar-refractivity contribution in [3.8, 4) is 5.75 Å². The lowest BCUT2D eigenvalue weighted by Gasteiger charge is -2.22. The van der Waals surface area contributed by atoms with E-state index in [0.717, 1.165) is 47.2 Å². The van der Waals surface area contributed by atoms with Gasteiger partial charge >= 0.3 is 5.97 Å². The minimum Gasteiger partial charge on any atom is -0.482 e. The molecule has 0 bridgehead atoms. The zero-order valence-corrected chi connectivity index (χ0v) is 18.2. The Morgan fingerprint density at radius 2 is 1.94 bits per heavy atom. The molecule has 2 N–H and O–H groups in total. The summed E-state index contributed by atoms with van der Waals surface area (Å²) in [6, 6.07) is 19.7. The SMILES string of the molecule is O=C(O)COc1cccc2c1CCCC2=CCONC(=Cc1cccnc1)c1ccccc1. The second kappa shape index (κ2) is 11.1. The van der Waals surface area contributed by atoms with Crippen molar-refractivity contribution in [2.45, 2.75) is 19.3 Å². The third-order valence-electron chi connectivity index (χ3n) is 5.38. The minimum atomic E-state index is -0.979. The largest absolute Gasteiger partial charge is 0.482 e. The van der Waals surface area contributed by atoms with Gasteiger partial charge in [0.05, 0.1) is 12.3 Å². The van der Waals surface area contributed by atoms with Gasteiger partial charge in [-0.1, -0.05) is 54.6 Å². The molecule has 1 aliphatic carbocycles. The predicted molar refractivity (Wildman–Crippen MR) is 128 cm³/mol. The highest BCUT2D eigenvalue weighted by Gasteiger charge is 2.18. The summed E-state index contributed by atoms with van der Waals surface area (Å²) in [4.78, 5) is 20.9. The fraction of sp³-hybridized carbons (Fsp3) is 0.185. The number of rotatable bonds is 9. The Morgan fingerprint density at radius 3 is 2.73 bits per heavy atom. The first-order valence-corrected chi connectivity index (χ1v) is 10.9. The van der Waals surface area contributed by atoms with E-state index in [-0.39, 0.29) is 6.61 Å². The van der Waals surface area contributed by atoms with Crippen molar-refractivity contribution in [3.05, 3.63) is 101 Å². The Morgan fingerprint density at radius 1 is 1.06 bits per heavy atom. The third kappa shape index (κ3) is 6.08. The van der Waals surface area contributed by atoms with Crippen LogP contribution in [0.2, 0.25) is 0 Å². The number of allylic oxidation sites excluding steroid dienone is 1. The average Bonchev–Trinajstić information content (AvgIpc) is 2.85. The Labute approximate surface area is 193 Å². The smallest absolute Gasteiger partial charge is 0.341 e. The number of hydrogen-bond donors (Lipinski definition) is 2. The summed E-state index contributed by atoms with van der Waals surface area (Å²) in [6.07, 6.45) is 10.4. The highest BCUT2D eigenvalue weighted by molar-refractivity contribution is 5.79. The first-order valence-electron chi connectivity index (χ1n) is 10.9. The number of nitrogens with one attached hydrogen (secondary N) is 1. The maximum Gasteiger partial charge on any atom is 0.341 e. The van der Waals surface area contributed by atoms with E-state index in [1.807, 2.05) is 60.7 Å². The molecule has 0 saturated carbocycles. The Hall–Kier alpha value is -3.90. The van der Waals surface area contributed by atoms with Crippen LogP contribution in [0.1, 0.15) is 35.1 Å². The zero-order chi connectivity index (χ0) is 22.9. The van der Waals surface area contributed by atoms with Crippen LogP contribution in [0.4, 0.5) is 0 Å². The summed E-state index contributed by atoms with van der Waals surface area (Å²) >= 11 is 0. The third-order valence-corrected chi connectivity index (χ3v) is 5.38. The number of hydroxylamine groups is 1. The molecule has 168 valence electrons. The summed E-state index contributed by atoms with van der Waals surface area (Å²) in [5, 5.41) is 8.93. The van der Waals surface area contributed by atoms with Gasteiger partial charge < -0.3 is 9.84 Å². The van der Waals surface area contributed by atoms with E-state index >= 15 is 0 Å². The van der Waals surface area contributed by atoms with Gasteiger partial charge in [-0.05, 0) is 59.7 Å². The molecular formula is C27H26N2O4. The van der Waals surface area contributed by atoms with Gasteiger partial charge in [0.15, 0.2) is 6.61 Å². The Kier molecular flexibility index (Phi) is 7.51. The number of benzene rings is 2. The van der Waals surface area contributed by atoms with Crippen molar-refractivity contribution in [2.75, 3.05) is 13.2 Å². The normalized spacial score (nSPS) is 14.5. The molecule has 4 rings (SSSR count). The van der Waals surface area contributed by atoms with Gasteiger partial charge in [0, 0.05) is 18.0 Å². The lowest BCUT2D eigenvalue weighted by Crippen LogP contribution is -2.14. The minimum absolute atomic E-state index is 0.339. The van der Waals surface area contributed by atoms with Crippen LogP contribution in [0.5, 0.6) is 5.75 Å². The number of pyridine rings is 1. The fourth-order valence-electron chi connectivity index (χ4n) is 3.88. The molecular weight excluding hydrogens is 416 g/mol. The Balaban J connectivity index is 1.46. The lowest BCUT2D eigenvalue weighted by molar-refractivity contribution is -0.139. The molecule has 6 nitrogen and oxygen atoms in total. The van der Waals surface area contributed by atoms with Crippen molar-refractivity contribution >= 4 is 23.3 Å². The number of hydrogen-bond acceptors (Lipinski definition) is 5. The molecule has 2 aromatic carbocycles. The number of aromatic nitrogens is 1. The second-order valence-electron chi connectivity index (χ2n) is 7.67. The summed E-state index contributed by atoms with van der Waals surface area (Å²) in [5.74, 6) is -0.336. The molecule has 0 aliphatic heterocycles. The van der Waals surface area contributed by atoms with E-state index in [9.17, 15) is 4.79 Å². The standard InChI is InChI=1S/C27H26N2O4/c30-27(31)19-32-26-13-5-11-23-21(10-4-12-24(23)26)14-16-33-29-25(22-8-2-1-3-9-22)17-20-7-6-15-28-18-20/h1-3,5-9,11,13-15,17-18,29H,4,10,12,16,19H2,(H,30,31). The topological polar surface area (TPSA) is 80.7 Å². The van der Waals surface area contributed by atoms with Crippen LogP contribution < -0.4 is 10.2 Å². The molecule has 0 radical (unpaired) electrons. The van der Waals surface area contributed by atoms with Crippen molar-refractivity contribution in [2.24, 2.45) is 0 Å². The van der Waals surface area contributed by atoms with Crippen molar-refractivity contribution in [3.63, 3.8) is 0 Å². The molecule has 0 unspecified atom stereocenters. The number of carboxylic acids is 1. The van der Waals surface area contributed by atoms with Crippen LogP contribution in [0.3, 0.4) is 0 Å². The number of carboxylic acid groups (broad SMARTS) is 1. The molecule has 6 heteroatoms. The second-order valence-corrected chi connectivity index (χ2v) is 7.67. The van der Waals surface area contributed by atoms with Crippen molar-refractivity contribution < 1.29 is 19.5 Å². The van der Waals surface area contributed by atoms with Crippen LogP contribution in [-0.4, -0.2) is 29.3 Å². The van der Waals surface area contributed by atoms with Crippen LogP contribution in [-0.2, 0) is 16.1 Å². The van der Waals surface area contributed by atoms with E-state index in [1.54, 1.807) is 12.4 Å². The highest BCUT2D eigenvalue weighted by Crippen LogP contribution is 2.36. The average molecular weight is 443 g/mol. The monoisotopic (exact) mass is 442 g/mol. The van der Waals surface area contributed by atoms with Crippen LogP contribution in [0, 0.1) is 0 Å². The molecule has 0 saturated heterocycles. The molecule has 0 fully saturated rings. The fourth-order valence-corrected chi connectivity index (χ4v) is 3.88. The van der Waals surface area contributed by atoms with E-state index in [2.05, 4.69) is 22.6 Å². The number of fused-ring (bicyclic) bond motifs is 1. The summed E-state index contributed by atoms with van der Waals surface area (Å²) in [6.45, 7) is 0.0419. The maximum absolute atomic E-state index is 10.9. The molecule has 0 spiro atoms. The Bertz CT molecular complexity index is 1140. The van der Waals surface area contributed by atoms with Crippen LogP contribution in [0.25, 0.3) is 17.3 Å². The molecule has 0 amide bonds. The molecule has 33 heavy (non-hydrogen) atoms. The van der Waals surface area contributed by atoms with Gasteiger partial charge in [0.1, 0.15) is 5.75 Å². The number of nitrogens with zero attached hydrogens (tertiary/aromatic N) is 1. The van der Waals surface area contributed by atoms with Gasteiger partial charge in [-0.3, -0.25) is 15.3 Å². The maximum atomic E-state index is 10.9. The summed E-state index contributed by atoms with van der Waals surface area (Å²) in [7, 11) is 0. The molecule has 1 aromatic heterocycles. The molecule has 0 atom stereocenters. The van der Waals surface area contributed by atoms with Crippen LogP contribution in [0.15, 0.2) is 79.1 Å². The molecule has 3 aromatic rings. The van der Waals surface area contributed by atoms with Crippen molar-refractivity contribution in [1.82, 2.24) is 10.5 Å². The molecule has 1 aliphatic rings. The lowest BCUT2D eigenvalue weighted by atomic mass is 9.86. The van der Waals surface area contributed by atoms with E-state index in [4.69, 9.17) is 14.7 Å². The van der Waals surface area contributed by atoms with E-state index < -0.39 is 5.97 Å². The first kappa shape index (κ1) is 22.3. The quantitative estimate of drug-likeness (QED) is 0.359. The van der Waals surface area contributed by atoms with E-state index in [0.29, 0.717) is 12.4 Å². The number of carbonyl (C=O) groups is 1. The van der Waals surface area contributed by atoms with Gasteiger partial charge in [0.2, 0.25) is 0 Å². The van der Waals surface area contributed by atoms with Gasteiger partial charge in [-0.25, -0.2) is 4.79 Å². The number of aliphatic carboxylic acids is 1. The predicted octanol–water partition coefficient (Wildman–Crippen LogP) is 4.98. The van der Waals surface area contributed by atoms with Gasteiger partial charge in [-0.15, -0.1) is 0 Å². The highest BCUT2D eigenvalue weighted by atomic mass is 16.6.